The zero-order chi connectivity index (χ0) is 18.7. The van der Waals surface area contributed by atoms with Crippen LogP contribution in [0.25, 0.3) is 10.9 Å². The molecule has 0 radical (unpaired) electrons. The van der Waals surface area contributed by atoms with Crippen molar-refractivity contribution in [3.8, 4) is 0 Å². The van der Waals surface area contributed by atoms with Crippen molar-refractivity contribution in [1.82, 2.24) is 14.6 Å². The van der Waals surface area contributed by atoms with Gasteiger partial charge in [-0.2, -0.15) is 4.31 Å². The van der Waals surface area contributed by atoms with Crippen molar-refractivity contribution in [3.63, 3.8) is 0 Å². The summed E-state index contributed by atoms with van der Waals surface area (Å²) in [5, 5.41) is 14.8. The Bertz CT molecular complexity index is 916. The van der Waals surface area contributed by atoms with Crippen molar-refractivity contribution < 1.29 is 13.3 Å². The highest BCUT2D eigenvalue weighted by molar-refractivity contribution is 7.89. The van der Waals surface area contributed by atoms with E-state index < -0.39 is 14.9 Å². The molecule has 0 bridgehead atoms. The van der Waals surface area contributed by atoms with Gasteiger partial charge in [-0.15, -0.1) is 12.4 Å². The van der Waals surface area contributed by atoms with Gasteiger partial charge in [-0.05, 0) is 50.6 Å². The number of rotatable bonds is 6. The number of nitrogens with zero attached hydrogens (tertiary/aromatic N) is 3. The molecular weight excluding hydrogens is 392 g/mol. The van der Waals surface area contributed by atoms with E-state index in [0.717, 1.165) is 25.9 Å². The summed E-state index contributed by atoms with van der Waals surface area (Å²) < 4.78 is 28.4. The summed E-state index contributed by atoms with van der Waals surface area (Å²) in [5.74, 6) is 0. The quantitative estimate of drug-likeness (QED) is 0.575. The molecule has 0 aliphatic carbocycles. The van der Waals surface area contributed by atoms with E-state index in [-0.39, 0.29) is 39.9 Å². The van der Waals surface area contributed by atoms with Gasteiger partial charge in [0.15, 0.2) is 0 Å². The van der Waals surface area contributed by atoms with Crippen molar-refractivity contribution in [2.24, 2.45) is 0 Å². The van der Waals surface area contributed by atoms with Gasteiger partial charge in [0, 0.05) is 24.8 Å². The standard InChI is InChI=1S/C17H22N4O4S.ClH/c1-2-12-20(13-7-10-18-11-8-13)26(24,25)16-6-5-15(21(22)23)14-4-3-9-19-17(14)16;/h3-6,9,13,18H,2,7-8,10-12H2,1H3;1H. The highest BCUT2D eigenvalue weighted by atomic mass is 35.5. The Morgan fingerprint density at radius 3 is 2.63 bits per heavy atom. The molecule has 3 rings (SSSR count). The molecule has 2 heterocycles. The number of hydrogen-bond acceptors (Lipinski definition) is 6. The molecule has 0 saturated carbocycles. The lowest BCUT2D eigenvalue weighted by atomic mass is 10.1. The summed E-state index contributed by atoms with van der Waals surface area (Å²) in [4.78, 5) is 14.9. The Kier molecular flexibility index (Phi) is 7.10. The third-order valence-corrected chi connectivity index (χ3v) is 6.64. The fourth-order valence-corrected chi connectivity index (χ4v) is 5.37. The predicted molar refractivity (Wildman–Crippen MR) is 106 cm³/mol. The van der Waals surface area contributed by atoms with Gasteiger partial charge in [-0.1, -0.05) is 6.92 Å². The minimum absolute atomic E-state index is 0. The second-order valence-corrected chi connectivity index (χ2v) is 8.20. The summed E-state index contributed by atoms with van der Waals surface area (Å²) in [6, 6.07) is 5.60. The van der Waals surface area contributed by atoms with Crippen LogP contribution in [0.5, 0.6) is 0 Å². The van der Waals surface area contributed by atoms with E-state index >= 15 is 0 Å². The third-order valence-electron chi connectivity index (χ3n) is 4.65. The Hall–Kier alpha value is -1.81. The lowest BCUT2D eigenvalue weighted by Crippen LogP contribution is -2.46. The van der Waals surface area contributed by atoms with Crippen molar-refractivity contribution in [2.45, 2.75) is 37.1 Å². The Balaban J connectivity index is 0.00000261. The number of non-ortho nitro benzene ring substituents is 1. The molecule has 1 aliphatic rings. The number of benzene rings is 1. The molecule has 1 aromatic heterocycles. The minimum atomic E-state index is -3.81. The number of fused-ring (bicyclic) bond motifs is 1. The van der Waals surface area contributed by atoms with Crippen molar-refractivity contribution in [2.75, 3.05) is 19.6 Å². The number of aromatic nitrogens is 1. The van der Waals surface area contributed by atoms with Crippen LogP contribution in [0.1, 0.15) is 26.2 Å². The van der Waals surface area contributed by atoms with Crippen LogP contribution < -0.4 is 5.32 Å². The van der Waals surface area contributed by atoms with Crippen molar-refractivity contribution in [3.05, 3.63) is 40.6 Å². The van der Waals surface area contributed by atoms with Crippen LogP contribution in [0.2, 0.25) is 0 Å². The first-order chi connectivity index (χ1) is 12.5. The maximum absolute atomic E-state index is 13.4. The van der Waals surface area contributed by atoms with Gasteiger partial charge in [-0.25, -0.2) is 8.42 Å². The number of sulfonamides is 1. The van der Waals surface area contributed by atoms with E-state index in [1.807, 2.05) is 6.92 Å². The molecule has 8 nitrogen and oxygen atoms in total. The molecular formula is C17H23ClN4O4S. The number of nitro groups is 1. The third kappa shape index (κ3) is 4.21. The zero-order valence-electron chi connectivity index (χ0n) is 15.0. The molecule has 0 spiro atoms. The topological polar surface area (TPSA) is 105 Å². The molecule has 1 fully saturated rings. The van der Waals surface area contributed by atoms with Gasteiger partial charge in [0.25, 0.3) is 5.69 Å². The summed E-state index contributed by atoms with van der Waals surface area (Å²) in [6.07, 6.45) is 3.65. The first-order valence-corrected chi connectivity index (χ1v) is 10.2. The zero-order valence-corrected chi connectivity index (χ0v) is 16.6. The monoisotopic (exact) mass is 414 g/mol. The molecule has 2 aromatic rings. The average Bonchev–Trinajstić information content (AvgIpc) is 2.65. The number of nitrogens with one attached hydrogen (secondary N) is 1. The number of piperidine rings is 1. The molecule has 1 saturated heterocycles. The van der Waals surface area contributed by atoms with E-state index in [9.17, 15) is 18.5 Å². The second-order valence-electron chi connectivity index (χ2n) is 6.34. The Labute approximate surface area is 164 Å². The molecule has 1 aromatic carbocycles. The molecule has 27 heavy (non-hydrogen) atoms. The number of pyridine rings is 1. The fourth-order valence-electron chi connectivity index (χ4n) is 3.44. The van der Waals surface area contributed by atoms with Crippen LogP contribution in [0.4, 0.5) is 5.69 Å². The smallest absolute Gasteiger partial charge is 0.278 e. The van der Waals surface area contributed by atoms with E-state index in [0.29, 0.717) is 13.0 Å². The second kappa shape index (κ2) is 8.92. The Morgan fingerprint density at radius 2 is 2.00 bits per heavy atom. The van der Waals surface area contributed by atoms with Crippen LogP contribution in [-0.4, -0.2) is 48.3 Å². The molecule has 0 atom stereocenters. The van der Waals surface area contributed by atoms with Crippen LogP contribution in [0, 0.1) is 10.1 Å². The van der Waals surface area contributed by atoms with Crippen LogP contribution in [0.15, 0.2) is 35.4 Å². The fraction of sp³-hybridized carbons (Fsp3) is 0.471. The number of nitro benzene ring substituents is 1. The van der Waals surface area contributed by atoms with E-state index in [1.54, 1.807) is 10.4 Å². The Morgan fingerprint density at radius 1 is 1.30 bits per heavy atom. The van der Waals surface area contributed by atoms with Gasteiger partial charge in [0.1, 0.15) is 4.90 Å². The van der Waals surface area contributed by atoms with Gasteiger partial charge in [0.2, 0.25) is 10.0 Å². The molecule has 10 heteroatoms. The van der Waals surface area contributed by atoms with Gasteiger partial charge < -0.3 is 5.32 Å². The summed E-state index contributed by atoms with van der Waals surface area (Å²) in [5.41, 5.74) is 0.00713. The highest BCUT2D eigenvalue weighted by Gasteiger charge is 2.34. The van der Waals surface area contributed by atoms with E-state index in [4.69, 9.17) is 0 Å². The highest BCUT2D eigenvalue weighted by Crippen LogP contribution is 2.32. The summed E-state index contributed by atoms with van der Waals surface area (Å²) >= 11 is 0. The maximum atomic E-state index is 13.4. The van der Waals surface area contributed by atoms with Gasteiger partial charge in [-0.3, -0.25) is 15.1 Å². The maximum Gasteiger partial charge on any atom is 0.278 e. The summed E-state index contributed by atoms with van der Waals surface area (Å²) in [7, 11) is -3.81. The van der Waals surface area contributed by atoms with Gasteiger partial charge in [0.05, 0.1) is 15.8 Å². The lowest BCUT2D eigenvalue weighted by molar-refractivity contribution is -0.383. The van der Waals surface area contributed by atoms with Gasteiger partial charge >= 0.3 is 0 Å². The minimum Gasteiger partial charge on any atom is -0.317 e. The molecule has 1 aliphatic heterocycles. The van der Waals surface area contributed by atoms with Crippen LogP contribution >= 0.6 is 12.4 Å². The number of halogens is 1. The van der Waals surface area contributed by atoms with E-state index in [1.165, 1.54) is 24.4 Å². The SMILES string of the molecule is CCCN(C1CCNCC1)S(=O)(=O)c1ccc([N+](=O)[O-])c2cccnc12.Cl. The normalized spacial score (nSPS) is 15.6. The summed E-state index contributed by atoms with van der Waals surface area (Å²) in [6.45, 7) is 3.91. The van der Waals surface area contributed by atoms with Crippen LogP contribution in [-0.2, 0) is 10.0 Å². The van der Waals surface area contributed by atoms with Crippen molar-refractivity contribution >= 4 is 39.0 Å². The predicted octanol–water partition coefficient (Wildman–Crippen LogP) is 2.72. The largest absolute Gasteiger partial charge is 0.317 e. The van der Waals surface area contributed by atoms with E-state index in [2.05, 4.69) is 10.3 Å². The first kappa shape index (κ1) is 21.5. The average molecular weight is 415 g/mol. The molecule has 0 amide bonds. The number of hydrogen-bond donors (Lipinski definition) is 1. The molecule has 1 N–H and O–H groups in total. The lowest BCUT2D eigenvalue weighted by Gasteiger charge is -2.33. The van der Waals surface area contributed by atoms with Crippen molar-refractivity contribution in [1.29, 1.82) is 0 Å². The molecule has 148 valence electrons. The van der Waals surface area contributed by atoms with Crippen LogP contribution in [0.3, 0.4) is 0 Å². The molecule has 0 unspecified atom stereocenters. The first-order valence-electron chi connectivity index (χ1n) is 8.71.